The molecule has 0 aromatic carbocycles. The predicted molar refractivity (Wildman–Crippen MR) is 52.8 cm³/mol. The SMILES string of the molecule is OCc1c(CBr)cnc(Cl)c1C(F)F. The maximum atomic E-state index is 12.5. The smallest absolute Gasteiger partial charge is 0.267 e. The average Bonchev–Trinajstić information content (AvgIpc) is 2.16. The highest BCUT2D eigenvalue weighted by Gasteiger charge is 2.20. The minimum absolute atomic E-state index is 0.150. The Labute approximate surface area is 93.0 Å². The third-order valence-corrected chi connectivity index (χ3v) is 2.69. The summed E-state index contributed by atoms with van der Waals surface area (Å²) in [4.78, 5) is 3.62. The van der Waals surface area contributed by atoms with Gasteiger partial charge >= 0.3 is 0 Å². The van der Waals surface area contributed by atoms with E-state index in [4.69, 9.17) is 16.7 Å². The molecule has 1 aromatic rings. The Bertz CT molecular complexity index is 335. The molecule has 0 fully saturated rings. The molecule has 1 aromatic heterocycles. The summed E-state index contributed by atoms with van der Waals surface area (Å²) >= 11 is 8.63. The van der Waals surface area contributed by atoms with Crippen LogP contribution in [0.4, 0.5) is 8.78 Å². The lowest BCUT2D eigenvalue weighted by Gasteiger charge is -2.11. The first-order valence-electron chi connectivity index (χ1n) is 3.73. The summed E-state index contributed by atoms with van der Waals surface area (Å²) in [5.41, 5.74) is 0.287. The molecule has 0 saturated carbocycles. The summed E-state index contributed by atoms with van der Waals surface area (Å²) in [6.45, 7) is -0.469. The van der Waals surface area contributed by atoms with Gasteiger partial charge in [-0.2, -0.15) is 0 Å². The fourth-order valence-electron chi connectivity index (χ4n) is 1.10. The van der Waals surface area contributed by atoms with Crippen LogP contribution in [0.3, 0.4) is 0 Å². The second-order valence-corrected chi connectivity index (χ2v) is 3.48. The topological polar surface area (TPSA) is 33.1 Å². The van der Waals surface area contributed by atoms with Crippen molar-refractivity contribution in [1.82, 2.24) is 4.98 Å². The first-order chi connectivity index (χ1) is 6.61. The number of hydrogen-bond donors (Lipinski definition) is 1. The summed E-state index contributed by atoms with van der Waals surface area (Å²) in [5.74, 6) is 0. The number of aliphatic hydroxyl groups is 1. The van der Waals surface area contributed by atoms with Crippen LogP contribution in [0.5, 0.6) is 0 Å². The minimum Gasteiger partial charge on any atom is -0.392 e. The lowest BCUT2D eigenvalue weighted by molar-refractivity contribution is 0.146. The number of alkyl halides is 3. The number of rotatable bonds is 3. The second-order valence-electron chi connectivity index (χ2n) is 2.56. The molecule has 0 aliphatic carbocycles. The molecule has 0 amide bonds. The third-order valence-electron chi connectivity index (χ3n) is 1.79. The summed E-state index contributed by atoms with van der Waals surface area (Å²) in [6, 6.07) is 0. The Balaban J connectivity index is 3.35. The standard InChI is InChI=1S/C8H7BrClF2NO/c9-1-4-2-13-7(10)6(8(11)12)5(4)3-14/h2,8,14H,1,3H2. The molecule has 0 unspecified atom stereocenters. The summed E-state index contributed by atoms with van der Waals surface area (Å²) in [7, 11) is 0. The van der Waals surface area contributed by atoms with Crippen LogP contribution in [0.15, 0.2) is 6.20 Å². The van der Waals surface area contributed by atoms with Crippen molar-refractivity contribution in [3.63, 3.8) is 0 Å². The molecular formula is C8H7BrClF2NO. The maximum absolute atomic E-state index is 12.5. The van der Waals surface area contributed by atoms with E-state index in [1.54, 1.807) is 0 Å². The molecule has 0 spiro atoms. The van der Waals surface area contributed by atoms with Gasteiger partial charge in [-0.05, 0) is 11.1 Å². The van der Waals surface area contributed by atoms with E-state index >= 15 is 0 Å². The number of hydrogen-bond acceptors (Lipinski definition) is 2. The molecular weight excluding hydrogens is 279 g/mol. The van der Waals surface area contributed by atoms with Crippen molar-refractivity contribution in [2.75, 3.05) is 0 Å². The van der Waals surface area contributed by atoms with Gasteiger partial charge in [0.05, 0.1) is 12.2 Å². The molecule has 0 aliphatic rings. The highest BCUT2D eigenvalue weighted by atomic mass is 79.9. The van der Waals surface area contributed by atoms with Crippen LogP contribution in [0, 0.1) is 0 Å². The Morgan fingerprint density at radius 1 is 1.57 bits per heavy atom. The molecule has 1 N–H and O–H groups in total. The van der Waals surface area contributed by atoms with Crippen molar-refractivity contribution in [1.29, 1.82) is 0 Å². The van der Waals surface area contributed by atoms with Crippen LogP contribution < -0.4 is 0 Å². The Hall–Kier alpha value is -0.260. The van der Waals surface area contributed by atoms with Crippen molar-refractivity contribution in [2.45, 2.75) is 18.4 Å². The summed E-state index contributed by atoms with van der Waals surface area (Å²) in [5, 5.41) is 9.06. The van der Waals surface area contributed by atoms with Gasteiger partial charge in [0.2, 0.25) is 0 Å². The van der Waals surface area contributed by atoms with Crippen molar-refractivity contribution < 1.29 is 13.9 Å². The molecule has 0 saturated heterocycles. The zero-order chi connectivity index (χ0) is 10.7. The normalized spacial score (nSPS) is 11.0. The van der Waals surface area contributed by atoms with Crippen molar-refractivity contribution in [3.8, 4) is 0 Å². The van der Waals surface area contributed by atoms with Crippen molar-refractivity contribution >= 4 is 27.5 Å². The van der Waals surface area contributed by atoms with Gasteiger partial charge in [-0.1, -0.05) is 27.5 Å². The van der Waals surface area contributed by atoms with E-state index in [1.807, 2.05) is 0 Å². The predicted octanol–water partition coefficient (Wildman–Crippen LogP) is 3.06. The van der Waals surface area contributed by atoms with Crippen LogP contribution in [0.1, 0.15) is 23.1 Å². The van der Waals surface area contributed by atoms with E-state index in [2.05, 4.69) is 20.9 Å². The van der Waals surface area contributed by atoms with E-state index in [9.17, 15) is 8.78 Å². The second kappa shape index (κ2) is 5.00. The third kappa shape index (κ3) is 2.21. The van der Waals surface area contributed by atoms with Gasteiger partial charge < -0.3 is 5.11 Å². The monoisotopic (exact) mass is 285 g/mol. The highest BCUT2D eigenvalue weighted by molar-refractivity contribution is 9.08. The molecule has 1 rings (SSSR count). The molecule has 0 bridgehead atoms. The highest BCUT2D eigenvalue weighted by Crippen LogP contribution is 2.31. The first kappa shape index (κ1) is 11.8. The molecule has 0 atom stereocenters. The van der Waals surface area contributed by atoms with Gasteiger partial charge in [-0.15, -0.1) is 0 Å². The van der Waals surface area contributed by atoms with Gasteiger partial charge in [-0.25, -0.2) is 13.8 Å². The van der Waals surface area contributed by atoms with Gasteiger partial charge in [0, 0.05) is 11.5 Å². The number of pyridine rings is 1. The van der Waals surface area contributed by atoms with Crippen molar-refractivity contribution in [3.05, 3.63) is 28.0 Å². The molecule has 1 heterocycles. The van der Waals surface area contributed by atoms with Crippen LogP contribution in [0.25, 0.3) is 0 Å². The molecule has 6 heteroatoms. The van der Waals surface area contributed by atoms with Crippen LogP contribution in [-0.2, 0) is 11.9 Å². The quantitative estimate of drug-likeness (QED) is 0.684. The van der Waals surface area contributed by atoms with Crippen LogP contribution in [-0.4, -0.2) is 10.1 Å². The lowest BCUT2D eigenvalue weighted by atomic mass is 10.1. The van der Waals surface area contributed by atoms with Gasteiger partial charge in [0.1, 0.15) is 5.15 Å². The Morgan fingerprint density at radius 2 is 2.21 bits per heavy atom. The fourth-order valence-corrected chi connectivity index (χ4v) is 1.83. The number of halogens is 4. The lowest BCUT2D eigenvalue weighted by Crippen LogP contribution is -2.02. The zero-order valence-electron chi connectivity index (χ0n) is 6.98. The first-order valence-corrected chi connectivity index (χ1v) is 5.22. The molecule has 14 heavy (non-hydrogen) atoms. The van der Waals surface area contributed by atoms with E-state index in [0.29, 0.717) is 10.9 Å². The van der Waals surface area contributed by atoms with Crippen LogP contribution >= 0.6 is 27.5 Å². The van der Waals surface area contributed by atoms with E-state index in [1.165, 1.54) is 6.20 Å². The maximum Gasteiger partial charge on any atom is 0.267 e. The summed E-state index contributed by atoms with van der Waals surface area (Å²) < 4.78 is 25.1. The van der Waals surface area contributed by atoms with E-state index in [0.717, 1.165) is 0 Å². The Morgan fingerprint density at radius 3 is 2.64 bits per heavy atom. The number of aliphatic hydroxyl groups excluding tert-OH is 1. The average molecular weight is 287 g/mol. The van der Waals surface area contributed by atoms with Gasteiger partial charge in [0.15, 0.2) is 0 Å². The number of aromatic nitrogens is 1. The largest absolute Gasteiger partial charge is 0.392 e. The van der Waals surface area contributed by atoms with Gasteiger partial charge in [0.25, 0.3) is 6.43 Å². The van der Waals surface area contributed by atoms with E-state index in [-0.39, 0.29) is 16.3 Å². The summed E-state index contributed by atoms with van der Waals surface area (Å²) in [6.07, 6.45) is -1.36. The molecule has 2 nitrogen and oxygen atoms in total. The number of nitrogens with zero attached hydrogens (tertiary/aromatic N) is 1. The van der Waals surface area contributed by atoms with Crippen LogP contribution in [0.2, 0.25) is 5.15 Å². The fraction of sp³-hybridized carbons (Fsp3) is 0.375. The molecule has 0 aliphatic heterocycles. The minimum atomic E-state index is -2.73. The van der Waals surface area contributed by atoms with Gasteiger partial charge in [-0.3, -0.25) is 0 Å². The van der Waals surface area contributed by atoms with Crippen molar-refractivity contribution in [2.24, 2.45) is 0 Å². The van der Waals surface area contributed by atoms with E-state index < -0.39 is 13.0 Å². The zero-order valence-corrected chi connectivity index (χ0v) is 9.32. The Kier molecular flexibility index (Phi) is 4.22. The molecule has 78 valence electrons. The molecule has 0 radical (unpaired) electrons.